The van der Waals surface area contributed by atoms with Crippen molar-refractivity contribution >= 4 is 22.5 Å². The highest BCUT2D eigenvalue weighted by Gasteiger charge is 2.15. The Balaban J connectivity index is 2.35. The molecule has 0 bridgehead atoms. The highest BCUT2D eigenvalue weighted by Crippen LogP contribution is 2.22. The zero-order valence-electron chi connectivity index (χ0n) is 11.5. The number of rotatable bonds is 2. The van der Waals surface area contributed by atoms with E-state index in [1.807, 2.05) is 24.3 Å². The number of nitrogens with two attached hydrogens (primary N) is 1. The summed E-state index contributed by atoms with van der Waals surface area (Å²) in [5, 5.41) is 4.58. The fraction of sp³-hybridized carbons (Fsp3) is 0.333. The van der Waals surface area contributed by atoms with Crippen LogP contribution < -0.4 is 11.1 Å². The van der Waals surface area contributed by atoms with Crippen LogP contribution in [0.25, 0.3) is 10.8 Å². The van der Waals surface area contributed by atoms with Crippen molar-refractivity contribution in [3.05, 3.63) is 36.0 Å². The minimum absolute atomic E-state index is 0.0483. The van der Waals surface area contributed by atoms with Gasteiger partial charge in [-0.15, -0.1) is 0 Å². The largest absolute Gasteiger partial charge is 0.383 e. The van der Waals surface area contributed by atoms with Crippen molar-refractivity contribution < 1.29 is 4.79 Å². The second-order valence-electron chi connectivity index (χ2n) is 5.85. The number of aromatic nitrogens is 1. The van der Waals surface area contributed by atoms with E-state index in [-0.39, 0.29) is 11.3 Å². The summed E-state index contributed by atoms with van der Waals surface area (Å²) in [6.07, 6.45) is 1.54. The molecule has 0 unspecified atom stereocenters. The van der Waals surface area contributed by atoms with Gasteiger partial charge in [-0.05, 0) is 10.8 Å². The van der Waals surface area contributed by atoms with Gasteiger partial charge in [0.25, 0.3) is 5.91 Å². The van der Waals surface area contributed by atoms with Gasteiger partial charge in [0.1, 0.15) is 5.82 Å². The molecule has 3 N–H and O–H groups in total. The van der Waals surface area contributed by atoms with Gasteiger partial charge < -0.3 is 11.1 Å². The van der Waals surface area contributed by atoms with Crippen LogP contribution in [-0.2, 0) is 0 Å². The molecule has 0 saturated carbocycles. The molecule has 0 atom stereocenters. The first-order chi connectivity index (χ1) is 8.88. The fourth-order valence-corrected chi connectivity index (χ4v) is 1.84. The molecule has 1 aromatic carbocycles. The molecule has 0 aliphatic heterocycles. The van der Waals surface area contributed by atoms with Crippen molar-refractivity contribution in [1.82, 2.24) is 10.3 Å². The molecule has 0 saturated heterocycles. The first kappa shape index (κ1) is 13.3. The lowest BCUT2D eigenvalue weighted by Gasteiger charge is -2.19. The Morgan fingerprint density at radius 3 is 2.53 bits per heavy atom. The Kier molecular flexibility index (Phi) is 3.42. The average Bonchev–Trinajstić information content (AvgIpc) is 2.36. The smallest absolute Gasteiger partial charge is 0.253 e. The molecular weight excluding hydrogens is 238 g/mol. The Morgan fingerprint density at radius 2 is 1.89 bits per heavy atom. The summed E-state index contributed by atoms with van der Waals surface area (Å²) < 4.78 is 0. The molecule has 0 radical (unpaired) electrons. The van der Waals surface area contributed by atoms with Gasteiger partial charge in [-0.3, -0.25) is 4.79 Å². The van der Waals surface area contributed by atoms with Crippen molar-refractivity contribution in [3.8, 4) is 0 Å². The van der Waals surface area contributed by atoms with E-state index < -0.39 is 0 Å². The Morgan fingerprint density at radius 1 is 1.26 bits per heavy atom. The number of anilines is 1. The highest BCUT2D eigenvalue weighted by atomic mass is 16.1. The Labute approximate surface area is 113 Å². The summed E-state index contributed by atoms with van der Waals surface area (Å²) in [5.41, 5.74) is 6.44. The van der Waals surface area contributed by atoms with E-state index in [0.717, 1.165) is 10.8 Å². The molecular formula is C15H19N3O. The molecule has 19 heavy (non-hydrogen) atoms. The van der Waals surface area contributed by atoms with Crippen LogP contribution >= 0.6 is 0 Å². The summed E-state index contributed by atoms with van der Waals surface area (Å²) in [7, 11) is 0. The van der Waals surface area contributed by atoms with Crippen LogP contribution in [0.1, 0.15) is 31.1 Å². The minimum atomic E-state index is -0.112. The van der Waals surface area contributed by atoms with Gasteiger partial charge in [0.2, 0.25) is 0 Å². The number of carbonyl (C=O) groups excluding carboxylic acids is 1. The summed E-state index contributed by atoms with van der Waals surface area (Å²) in [4.78, 5) is 16.3. The highest BCUT2D eigenvalue weighted by molar-refractivity contribution is 6.08. The number of fused-ring (bicyclic) bond motifs is 1. The SMILES string of the molecule is CC(C)(C)CNC(=O)c1cnc(N)c2ccccc12. The number of hydrogen-bond acceptors (Lipinski definition) is 3. The van der Waals surface area contributed by atoms with Crippen LogP contribution in [0.5, 0.6) is 0 Å². The molecule has 2 aromatic rings. The van der Waals surface area contributed by atoms with Crippen molar-refractivity contribution in [2.24, 2.45) is 5.41 Å². The number of nitrogens with zero attached hydrogens (tertiary/aromatic N) is 1. The van der Waals surface area contributed by atoms with E-state index in [1.165, 1.54) is 6.20 Å². The van der Waals surface area contributed by atoms with Crippen molar-refractivity contribution in [3.63, 3.8) is 0 Å². The fourth-order valence-electron chi connectivity index (χ4n) is 1.84. The van der Waals surface area contributed by atoms with Crippen LogP contribution in [0, 0.1) is 5.41 Å². The van der Waals surface area contributed by atoms with Crippen molar-refractivity contribution in [2.75, 3.05) is 12.3 Å². The predicted octanol–water partition coefficient (Wildman–Crippen LogP) is 2.59. The number of carbonyl (C=O) groups is 1. The number of nitrogen functional groups attached to an aromatic ring is 1. The van der Waals surface area contributed by atoms with Gasteiger partial charge in [-0.1, -0.05) is 45.0 Å². The average molecular weight is 257 g/mol. The van der Waals surface area contributed by atoms with E-state index in [0.29, 0.717) is 17.9 Å². The zero-order valence-corrected chi connectivity index (χ0v) is 11.5. The Bertz CT molecular complexity index is 614. The van der Waals surface area contributed by atoms with E-state index in [9.17, 15) is 4.79 Å². The number of hydrogen-bond donors (Lipinski definition) is 2. The van der Waals surface area contributed by atoms with Crippen LogP contribution in [0.2, 0.25) is 0 Å². The van der Waals surface area contributed by atoms with Crippen LogP contribution in [-0.4, -0.2) is 17.4 Å². The predicted molar refractivity (Wildman–Crippen MR) is 77.9 cm³/mol. The summed E-state index contributed by atoms with van der Waals surface area (Å²) >= 11 is 0. The van der Waals surface area contributed by atoms with Crippen LogP contribution in [0.3, 0.4) is 0 Å². The van der Waals surface area contributed by atoms with E-state index in [4.69, 9.17) is 5.73 Å². The molecule has 100 valence electrons. The van der Waals surface area contributed by atoms with Crippen LogP contribution in [0.15, 0.2) is 30.5 Å². The van der Waals surface area contributed by atoms with Crippen molar-refractivity contribution in [2.45, 2.75) is 20.8 Å². The maximum Gasteiger partial charge on any atom is 0.253 e. The summed E-state index contributed by atoms with van der Waals surface area (Å²) in [5.74, 6) is 0.335. The molecule has 1 heterocycles. The molecule has 0 spiro atoms. The molecule has 0 fully saturated rings. The monoisotopic (exact) mass is 257 g/mol. The van der Waals surface area contributed by atoms with Gasteiger partial charge in [-0.2, -0.15) is 0 Å². The Hall–Kier alpha value is -2.10. The molecule has 2 rings (SSSR count). The third-order valence-electron chi connectivity index (χ3n) is 2.85. The zero-order chi connectivity index (χ0) is 14.0. The number of nitrogens with one attached hydrogen (secondary N) is 1. The van der Waals surface area contributed by atoms with E-state index in [1.54, 1.807) is 0 Å². The first-order valence-electron chi connectivity index (χ1n) is 6.30. The van der Waals surface area contributed by atoms with Crippen LogP contribution in [0.4, 0.5) is 5.82 Å². The minimum Gasteiger partial charge on any atom is -0.383 e. The molecule has 1 aromatic heterocycles. The maximum absolute atomic E-state index is 12.2. The third kappa shape index (κ3) is 3.02. The number of pyridine rings is 1. The molecule has 4 heteroatoms. The second kappa shape index (κ2) is 4.88. The van der Waals surface area contributed by atoms with Gasteiger partial charge in [-0.25, -0.2) is 4.98 Å². The first-order valence-corrected chi connectivity index (χ1v) is 6.30. The molecule has 1 amide bonds. The van der Waals surface area contributed by atoms with Gasteiger partial charge in [0.05, 0.1) is 5.56 Å². The van der Waals surface area contributed by atoms with Gasteiger partial charge in [0.15, 0.2) is 0 Å². The second-order valence-corrected chi connectivity index (χ2v) is 5.85. The van der Waals surface area contributed by atoms with Crippen molar-refractivity contribution in [1.29, 1.82) is 0 Å². The quantitative estimate of drug-likeness (QED) is 0.869. The topological polar surface area (TPSA) is 68.0 Å². The maximum atomic E-state index is 12.2. The number of benzene rings is 1. The van der Waals surface area contributed by atoms with E-state index in [2.05, 4.69) is 31.1 Å². The standard InChI is InChI=1S/C15H19N3O/c1-15(2,3)9-18-14(19)12-8-17-13(16)11-7-5-4-6-10(11)12/h4-8H,9H2,1-3H3,(H2,16,17)(H,18,19). The third-order valence-corrected chi connectivity index (χ3v) is 2.85. The number of amides is 1. The van der Waals surface area contributed by atoms with E-state index >= 15 is 0 Å². The molecule has 0 aliphatic carbocycles. The normalized spacial score (nSPS) is 11.5. The molecule has 4 nitrogen and oxygen atoms in total. The van der Waals surface area contributed by atoms with Gasteiger partial charge >= 0.3 is 0 Å². The lowest BCUT2D eigenvalue weighted by molar-refractivity contribution is 0.0940. The van der Waals surface area contributed by atoms with Gasteiger partial charge in [0, 0.05) is 18.1 Å². The summed E-state index contributed by atoms with van der Waals surface area (Å²) in [6, 6.07) is 7.54. The molecule has 0 aliphatic rings. The summed E-state index contributed by atoms with van der Waals surface area (Å²) in [6.45, 7) is 6.84. The lowest BCUT2D eigenvalue weighted by atomic mass is 9.96. The lowest BCUT2D eigenvalue weighted by Crippen LogP contribution is -2.32.